The minimum absolute atomic E-state index is 0.0738. The number of aliphatic hydroxyl groups is 1. The summed E-state index contributed by atoms with van der Waals surface area (Å²) < 4.78 is 12.8. The van der Waals surface area contributed by atoms with Gasteiger partial charge >= 0.3 is 0 Å². The van der Waals surface area contributed by atoms with Crippen LogP contribution in [0.25, 0.3) is 0 Å². The Morgan fingerprint density at radius 3 is 2.47 bits per heavy atom. The molecule has 17 heavy (non-hydrogen) atoms. The normalized spacial score (nSPS) is 12.6. The molecule has 1 rings (SSSR count). The molecule has 4 heteroatoms. The van der Waals surface area contributed by atoms with E-state index in [2.05, 4.69) is 5.32 Å². The number of aliphatic hydroxyl groups excluding tert-OH is 1. The second-order valence-corrected chi connectivity index (χ2v) is 4.08. The van der Waals surface area contributed by atoms with Crippen LogP contribution >= 0.6 is 0 Å². The second kappa shape index (κ2) is 8.17. The molecule has 96 valence electrons. The number of unbranched alkanes of at least 4 members (excludes halogenated alkanes) is 2. The number of nitrogens with two attached hydrogens (primary N) is 1. The van der Waals surface area contributed by atoms with Crippen LogP contribution in [0.3, 0.4) is 0 Å². The van der Waals surface area contributed by atoms with Crippen LogP contribution in [0.15, 0.2) is 24.3 Å². The van der Waals surface area contributed by atoms with Crippen molar-refractivity contribution in [2.75, 3.05) is 19.7 Å². The van der Waals surface area contributed by atoms with Gasteiger partial charge in [0, 0.05) is 19.2 Å². The van der Waals surface area contributed by atoms with Crippen molar-refractivity contribution in [2.24, 2.45) is 5.73 Å². The highest BCUT2D eigenvalue weighted by Gasteiger charge is 2.08. The molecule has 1 atom stereocenters. The average molecular weight is 240 g/mol. The molecule has 0 aromatic heterocycles. The Labute approximate surface area is 102 Å². The molecule has 0 radical (unpaired) electrons. The average Bonchev–Trinajstić information content (AvgIpc) is 2.35. The van der Waals surface area contributed by atoms with Gasteiger partial charge in [0.2, 0.25) is 0 Å². The monoisotopic (exact) mass is 240 g/mol. The van der Waals surface area contributed by atoms with Crippen LogP contribution in [-0.2, 0) is 0 Å². The number of nitrogens with one attached hydrogen (secondary N) is 1. The second-order valence-electron chi connectivity index (χ2n) is 4.08. The van der Waals surface area contributed by atoms with Crippen molar-refractivity contribution >= 4 is 0 Å². The molecule has 1 unspecified atom stereocenters. The van der Waals surface area contributed by atoms with Crippen molar-refractivity contribution in [3.63, 3.8) is 0 Å². The molecule has 0 spiro atoms. The predicted molar refractivity (Wildman–Crippen MR) is 67.1 cm³/mol. The Hall–Kier alpha value is -0.970. The summed E-state index contributed by atoms with van der Waals surface area (Å²) >= 11 is 0. The van der Waals surface area contributed by atoms with E-state index in [9.17, 15) is 4.39 Å². The van der Waals surface area contributed by atoms with Crippen molar-refractivity contribution in [2.45, 2.75) is 25.3 Å². The molecule has 0 aliphatic carbocycles. The van der Waals surface area contributed by atoms with Crippen molar-refractivity contribution in [3.05, 3.63) is 35.6 Å². The number of hydrogen-bond acceptors (Lipinski definition) is 3. The largest absolute Gasteiger partial charge is 0.396 e. The van der Waals surface area contributed by atoms with Crippen LogP contribution in [0.4, 0.5) is 4.39 Å². The predicted octanol–water partition coefficient (Wildman–Crippen LogP) is 1.58. The van der Waals surface area contributed by atoms with Gasteiger partial charge < -0.3 is 16.2 Å². The third kappa shape index (κ3) is 5.26. The van der Waals surface area contributed by atoms with E-state index in [-0.39, 0.29) is 18.5 Å². The fourth-order valence-electron chi connectivity index (χ4n) is 1.72. The molecular formula is C13H21FN2O. The quantitative estimate of drug-likeness (QED) is 0.605. The van der Waals surface area contributed by atoms with Gasteiger partial charge in [-0.15, -0.1) is 0 Å². The van der Waals surface area contributed by atoms with E-state index >= 15 is 0 Å². The molecule has 4 N–H and O–H groups in total. The molecule has 0 aliphatic rings. The van der Waals surface area contributed by atoms with Crippen molar-refractivity contribution in [1.82, 2.24) is 5.32 Å². The van der Waals surface area contributed by atoms with E-state index in [1.807, 2.05) is 0 Å². The summed E-state index contributed by atoms with van der Waals surface area (Å²) in [6.07, 6.45) is 2.86. The van der Waals surface area contributed by atoms with Crippen LogP contribution in [0.5, 0.6) is 0 Å². The van der Waals surface area contributed by atoms with Crippen LogP contribution in [0, 0.1) is 5.82 Å². The first-order valence-electron chi connectivity index (χ1n) is 6.07. The van der Waals surface area contributed by atoms with Gasteiger partial charge in [-0.3, -0.25) is 0 Å². The lowest BCUT2D eigenvalue weighted by Crippen LogP contribution is -2.29. The van der Waals surface area contributed by atoms with Crippen LogP contribution < -0.4 is 11.1 Å². The van der Waals surface area contributed by atoms with Gasteiger partial charge in [0.25, 0.3) is 0 Å². The van der Waals surface area contributed by atoms with E-state index in [4.69, 9.17) is 10.8 Å². The number of benzene rings is 1. The third-order valence-electron chi connectivity index (χ3n) is 2.73. The maximum absolute atomic E-state index is 12.8. The van der Waals surface area contributed by atoms with Gasteiger partial charge in [-0.2, -0.15) is 0 Å². The van der Waals surface area contributed by atoms with Crippen molar-refractivity contribution in [3.8, 4) is 0 Å². The number of rotatable bonds is 8. The smallest absolute Gasteiger partial charge is 0.123 e. The molecule has 0 saturated carbocycles. The molecule has 0 saturated heterocycles. The minimum atomic E-state index is -0.229. The Morgan fingerprint density at radius 1 is 1.18 bits per heavy atom. The molecule has 1 aromatic carbocycles. The lowest BCUT2D eigenvalue weighted by Gasteiger charge is -2.17. The first-order chi connectivity index (χ1) is 8.27. The topological polar surface area (TPSA) is 58.3 Å². The van der Waals surface area contributed by atoms with E-state index in [0.29, 0.717) is 6.54 Å². The SMILES string of the molecule is NCC(NCCCCCO)c1ccc(F)cc1. The Kier molecular flexibility index (Phi) is 6.77. The summed E-state index contributed by atoms with van der Waals surface area (Å²) in [4.78, 5) is 0. The van der Waals surface area contributed by atoms with Crippen molar-refractivity contribution in [1.29, 1.82) is 0 Å². The fourth-order valence-corrected chi connectivity index (χ4v) is 1.72. The van der Waals surface area contributed by atoms with Gasteiger partial charge in [-0.25, -0.2) is 4.39 Å². The van der Waals surface area contributed by atoms with Crippen LogP contribution in [-0.4, -0.2) is 24.8 Å². The number of halogens is 1. The third-order valence-corrected chi connectivity index (χ3v) is 2.73. The summed E-state index contributed by atoms with van der Waals surface area (Å²) in [5.41, 5.74) is 6.70. The minimum Gasteiger partial charge on any atom is -0.396 e. The van der Waals surface area contributed by atoms with E-state index in [0.717, 1.165) is 31.4 Å². The van der Waals surface area contributed by atoms with E-state index in [1.54, 1.807) is 12.1 Å². The first kappa shape index (κ1) is 14.1. The highest BCUT2D eigenvalue weighted by Crippen LogP contribution is 2.12. The molecule has 0 aliphatic heterocycles. The van der Waals surface area contributed by atoms with Crippen molar-refractivity contribution < 1.29 is 9.50 Å². The molecule has 0 fully saturated rings. The zero-order valence-corrected chi connectivity index (χ0v) is 10.0. The Bertz CT molecular complexity index is 303. The van der Waals surface area contributed by atoms with Gasteiger partial charge in [0.15, 0.2) is 0 Å². The van der Waals surface area contributed by atoms with E-state index in [1.165, 1.54) is 12.1 Å². The Balaban J connectivity index is 2.35. The lowest BCUT2D eigenvalue weighted by molar-refractivity contribution is 0.282. The first-order valence-corrected chi connectivity index (χ1v) is 6.07. The molecule has 0 bridgehead atoms. The highest BCUT2D eigenvalue weighted by molar-refractivity contribution is 5.20. The van der Waals surface area contributed by atoms with Crippen LogP contribution in [0.2, 0.25) is 0 Å². The standard InChI is InChI=1S/C13H21FN2O/c14-12-6-4-11(5-7-12)13(10-15)16-8-2-1-3-9-17/h4-7,13,16-17H,1-3,8-10,15H2. The lowest BCUT2D eigenvalue weighted by atomic mass is 10.1. The molecule has 0 amide bonds. The summed E-state index contributed by atoms with van der Waals surface area (Å²) in [5.74, 6) is -0.229. The summed E-state index contributed by atoms with van der Waals surface area (Å²) in [5, 5.41) is 12.0. The zero-order valence-electron chi connectivity index (χ0n) is 10.0. The Morgan fingerprint density at radius 2 is 1.88 bits per heavy atom. The maximum atomic E-state index is 12.8. The highest BCUT2D eigenvalue weighted by atomic mass is 19.1. The van der Waals surface area contributed by atoms with Gasteiger partial charge in [0.05, 0.1) is 0 Å². The molecule has 3 nitrogen and oxygen atoms in total. The van der Waals surface area contributed by atoms with Gasteiger partial charge in [-0.1, -0.05) is 12.1 Å². The number of hydrogen-bond donors (Lipinski definition) is 3. The zero-order chi connectivity index (χ0) is 12.5. The summed E-state index contributed by atoms with van der Waals surface area (Å²) in [6, 6.07) is 6.49. The van der Waals surface area contributed by atoms with Gasteiger partial charge in [0.1, 0.15) is 5.82 Å². The molecule has 0 heterocycles. The van der Waals surface area contributed by atoms with Crippen LogP contribution in [0.1, 0.15) is 30.9 Å². The summed E-state index contributed by atoms with van der Waals surface area (Å²) in [6.45, 7) is 1.60. The molecular weight excluding hydrogens is 219 g/mol. The van der Waals surface area contributed by atoms with Gasteiger partial charge in [-0.05, 0) is 43.5 Å². The summed E-state index contributed by atoms with van der Waals surface area (Å²) in [7, 11) is 0. The fraction of sp³-hybridized carbons (Fsp3) is 0.538. The maximum Gasteiger partial charge on any atom is 0.123 e. The van der Waals surface area contributed by atoms with E-state index < -0.39 is 0 Å². The molecule has 1 aromatic rings.